The third kappa shape index (κ3) is 14.7. The predicted molar refractivity (Wildman–Crippen MR) is 145 cm³/mol. The Morgan fingerprint density at radius 2 is 1.64 bits per heavy atom. The van der Waals surface area contributed by atoms with Crippen LogP contribution in [0.15, 0.2) is 30.3 Å². The monoisotopic (exact) mass is 503 g/mol. The van der Waals surface area contributed by atoms with Crippen molar-refractivity contribution < 1.29 is 19.6 Å². The van der Waals surface area contributed by atoms with Gasteiger partial charge in [0.25, 0.3) is 0 Å². The summed E-state index contributed by atoms with van der Waals surface area (Å²) < 4.78 is 0. The summed E-state index contributed by atoms with van der Waals surface area (Å²) in [5.41, 5.74) is 1.35. The van der Waals surface area contributed by atoms with E-state index in [4.69, 9.17) is 5.41 Å². The molecule has 2 amide bonds. The van der Waals surface area contributed by atoms with Crippen LogP contribution in [0.25, 0.3) is 0 Å². The first-order chi connectivity index (χ1) is 17.2. The molecule has 0 heterocycles. The summed E-state index contributed by atoms with van der Waals surface area (Å²) >= 11 is 0. The molecule has 36 heavy (non-hydrogen) atoms. The molecule has 202 valence electrons. The van der Waals surface area contributed by atoms with Gasteiger partial charge in [-0.05, 0) is 50.0 Å². The Hall–Kier alpha value is -2.59. The highest BCUT2D eigenvalue weighted by Gasteiger charge is 2.29. The zero-order chi connectivity index (χ0) is 26.8. The van der Waals surface area contributed by atoms with Crippen LogP contribution in [0.5, 0.6) is 0 Å². The molecule has 10 heteroatoms. The van der Waals surface area contributed by atoms with Crippen LogP contribution in [-0.2, 0) is 16.0 Å². The molecule has 0 spiro atoms. The zero-order valence-corrected chi connectivity index (χ0v) is 22.2. The Morgan fingerprint density at radius 1 is 0.972 bits per heavy atom. The number of benzene rings is 1. The molecule has 0 fully saturated rings. The highest BCUT2D eigenvalue weighted by Crippen LogP contribution is 2.11. The molecule has 0 saturated carbocycles. The van der Waals surface area contributed by atoms with E-state index in [1.54, 1.807) is 7.05 Å². The number of carbonyl (C=O) groups excluding carboxylic acids is 2. The van der Waals surface area contributed by atoms with Gasteiger partial charge in [0.2, 0.25) is 11.8 Å². The van der Waals surface area contributed by atoms with E-state index < -0.39 is 25.0 Å². The van der Waals surface area contributed by atoms with Gasteiger partial charge < -0.3 is 31.3 Å². The SMILES string of the molecule is CNC(=N)NCCC[C@H](NC(=O)CCCCCCCc1ccccc1)C(=O)N[C@@H](CC(C)C)B(O)O. The van der Waals surface area contributed by atoms with Crippen LogP contribution in [0.1, 0.15) is 77.2 Å². The van der Waals surface area contributed by atoms with Gasteiger partial charge in [-0.1, -0.05) is 63.4 Å². The number of carbonyl (C=O) groups is 2. The molecule has 0 aromatic heterocycles. The van der Waals surface area contributed by atoms with Crippen LogP contribution in [0.4, 0.5) is 0 Å². The molecule has 0 aliphatic rings. The second-order valence-corrected chi connectivity index (χ2v) is 9.73. The lowest BCUT2D eigenvalue weighted by Gasteiger charge is -2.24. The van der Waals surface area contributed by atoms with Gasteiger partial charge in [-0.15, -0.1) is 0 Å². The fourth-order valence-electron chi connectivity index (χ4n) is 3.98. The number of unbranched alkanes of at least 4 members (excludes halogenated alkanes) is 4. The largest absolute Gasteiger partial charge is 0.475 e. The van der Waals surface area contributed by atoms with Crippen molar-refractivity contribution in [1.29, 1.82) is 5.41 Å². The quantitative estimate of drug-likeness (QED) is 0.0707. The minimum Gasteiger partial charge on any atom is -0.426 e. The first-order valence-corrected chi connectivity index (χ1v) is 13.2. The number of rotatable bonds is 18. The van der Waals surface area contributed by atoms with Crippen molar-refractivity contribution >= 4 is 24.9 Å². The molecule has 0 unspecified atom stereocenters. The molecule has 1 rings (SSSR count). The number of hydrogen-bond acceptors (Lipinski definition) is 5. The summed E-state index contributed by atoms with van der Waals surface area (Å²) in [7, 11) is -0.0307. The maximum atomic E-state index is 12.9. The van der Waals surface area contributed by atoms with Gasteiger partial charge in [-0.25, -0.2) is 0 Å². The molecule has 1 aromatic carbocycles. The molecular formula is C26H46BN5O4. The Balaban J connectivity index is 2.46. The average Bonchev–Trinajstić information content (AvgIpc) is 2.84. The molecular weight excluding hydrogens is 457 g/mol. The van der Waals surface area contributed by atoms with Gasteiger partial charge in [0.15, 0.2) is 5.96 Å². The lowest BCUT2D eigenvalue weighted by molar-refractivity contribution is -0.129. The number of nitrogens with one attached hydrogen (secondary N) is 5. The van der Waals surface area contributed by atoms with E-state index in [2.05, 4.69) is 45.5 Å². The summed E-state index contributed by atoms with van der Waals surface area (Å²) in [5.74, 6) is -1.06. The van der Waals surface area contributed by atoms with Gasteiger partial charge in [0, 0.05) is 20.0 Å². The fourth-order valence-corrected chi connectivity index (χ4v) is 3.98. The summed E-state index contributed by atoms with van der Waals surface area (Å²) in [5, 5.41) is 38.0. The maximum absolute atomic E-state index is 12.9. The summed E-state index contributed by atoms with van der Waals surface area (Å²) in [6, 6.07) is 9.65. The van der Waals surface area contributed by atoms with Crippen LogP contribution in [0.3, 0.4) is 0 Å². The van der Waals surface area contributed by atoms with E-state index >= 15 is 0 Å². The highest BCUT2D eigenvalue weighted by atomic mass is 16.4. The van der Waals surface area contributed by atoms with E-state index in [1.807, 2.05) is 19.9 Å². The van der Waals surface area contributed by atoms with Crippen LogP contribution in [0, 0.1) is 11.3 Å². The van der Waals surface area contributed by atoms with Crippen molar-refractivity contribution in [1.82, 2.24) is 21.3 Å². The minimum absolute atomic E-state index is 0.162. The van der Waals surface area contributed by atoms with Crippen molar-refractivity contribution in [3.8, 4) is 0 Å². The van der Waals surface area contributed by atoms with Crippen molar-refractivity contribution in [2.75, 3.05) is 13.6 Å². The molecule has 0 saturated heterocycles. The number of amides is 2. The van der Waals surface area contributed by atoms with Crippen molar-refractivity contribution in [2.45, 2.75) is 90.0 Å². The minimum atomic E-state index is -1.67. The van der Waals surface area contributed by atoms with Gasteiger partial charge in [0.05, 0.1) is 5.94 Å². The molecule has 0 aliphatic heterocycles. The van der Waals surface area contributed by atoms with Crippen molar-refractivity contribution in [3.05, 3.63) is 35.9 Å². The maximum Gasteiger partial charge on any atom is 0.475 e. The van der Waals surface area contributed by atoms with Crippen molar-refractivity contribution in [3.63, 3.8) is 0 Å². The lowest BCUT2D eigenvalue weighted by atomic mass is 9.75. The van der Waals surface area contributed by atoms with E-state index in [0.29, 0.717) is 32.2 Å². The first-order valence-electron chi connectivity index (χ1n) is 13.2. The topological polar surface area (TPSA) is 147 Å². The fraction of sp³-hybridized carbons (Fsp3) is 0.654. The Bertz CT molecular complexity index is 764. The summed E-state index contributed by atoms with van der Waals surface area (Å²) in [4.78, 5) is 25.5. The van der Waals surface area contributed by atoms with E-state index in [-0.39, 0.29) is 17.8 Å². The highest BCUT2D eigenvalue weighted by molar-refractivity contribution is 6.43. The second kappa shape index (κ2) is 18.7. The summed E-state index contributed by atoms with van der Waals surface area (Å²) in [6.07, 6.45) is 7.80. The van der Waals surface area contributed by atoms with Crippen LogP contribution < -0.4 is 21.3 Å². The standard InChI is InChI=1S/C26H46BN5O4/c1-20(2)19-23(27(35)36)32-25(34)22(16-12-18-30-26(28)29-3)31-24(33)17-11-6-4-5-8-13-21-14-9-7-10-15-21/h7,9-10,14-15,20,22-23,35-36H,4-6,8,11-13,16-19H2,1-3H3,(H,31,33)(H,32,34)(H3,28,29,30)/t22-,23-/m0/s1. The summed E-state index contributed by atoms with van der Waals surface area (Å²) in [6.45, 7) is 4.34. The molecule has 0 radical (unpaired) electrons. The Kier molecular flexibility index (Phi) is 16.3. The first kappa shape index (κ1) is 31.4. The normalized spacial score (nSPS) is 12.5. The Morgan fingerprint density at radius 3 is 2.28 bits per heavy atom. The molecule has 0 aliphatic carbocycles. The lowest BCUT2D eigenvalue weighted by Crippen LogP contribution is -2.54. The number of guanidine groups is 1. The zero-order valence-electron chi connectivity index (χ0n) is 22.2. The molecule has 2 atom stereocenters. The third-order valence-corrected chi connectivity index (χ3v) is 6.00. The number of aryl methyl sites for hydroxylation is 1. The van der Waals surface area contributed by atoms with Crippen LogP contribution in [0.2, 0.25) is 0 Å². The van der Waals surface area contributed by atoms with Gasteiger partial charge >= 0.3 is 7.12 Å². The van der Waals surface area contributed by atoms with E-state index in [9.17, 15) is 19.6 Å². The van der Waals surface area contributed by atoms with Gasteiger partial charge in [-0.3, -0.25) is 15.0 Å². The van der Waals surface area contributed by atoms with Gasteiger partial charge in [-0.2, -0.15) is 0 Å². The van der Waals surface area contributed by atoms with Crippen LogP contribution in [-0.4, -0.2) is 60.5 Å². The molecule has 1 aromatic rings. The van der Waals surface area contributed by atoms with E-state index in [0.717, 1.165) is 38.5 Å². The molecule has 0 bridgehead atoms. The Labute approximate surface area is 216 Å². The smallest absolute Gasteiger partial charge is 0.426 e. The average molecular weight is 503 g/mol. The number of hydrogen-bond donors (Lipinski definition) is 7. The van der Waals surface area contributed by atoms with Crippen LogP contribution >= 0.6 is 0 Å². The molecule has 9 nitrogen and oxygen atoms in total. The second-order valence-electron chi connectivity index (χ2n) is 9.73. The predicted octanol–water partition coefficient (Wildman–Crippen LogP) is 2.12. The van der Waals surface area contributed by atoms with E-state index in [1.165, 1.54) is 5.56 Å². The third-order valence-electron chi connectivity index (χ3n) is 6.00. The molecule has 7 N–H and O–H groups in total. The van der Waals surface area contributed by atoms with Gasteiger partial charge in [0.1, 0.15) is 6.04 Å². The van der Waals surface area contributed by atoms with Crippen molar-refractivity contribution in [2.24, 2.45) is 5.92 Å².